The number of hydrogen-bond donors (Lipinski definition) is 2. The van der Waals surface area contributed by atoms with Crippen LogP contribution in [0.25, 0.3) is 0 Å². The molecule has 1 aromatic carbocycles. The van der Waals surface area contributed by atoms with E-state index in [1.807, 2.05) is 17.4 Å². The molecule has 72 valence electrons. The molecule has 0 bridgehead atoms. The van der Waals surface area contributed by atoms with E-state index in [9.17, 15) is 0 Å². The van der Waals surface area contributed by atoms with Crippen molar-refractivity contribution >= 4 is 0 Å². The minimum Gasteiger partial charge on any atom is -0.508 e. The standard InChI is InChI=1S/C11H17NO/c1-11(2,8-12-3)9-4-6-10(13)7-5-9/h4-7,13H,3,8,12H2,1-2H3. The lowest BCUT2D eigenvalue weighted by molar-refractivity contribution is -0.603. The van der Waals surface area contributed by atoms with E-state index in [0.717, 1.165) is 6.54 Å². The van der Waals surface area contributed by atoms with Gasteiger partial charge in [0.05, 0.1) is 6.54 Å². The highest BCUT2D eigenvalue weighted by Gasteiger charge is 2.20. The Morgan fingerprint density at radius 3 is 2.31 bits per heavy atom. The highest BCUT2D eigenvalue weighted by Crippen LogP contribution is 2.22. The Morgan fingerprint density at radius 1 is 1.31 bits per heavy atom. The van der Waals surface area contributed by atoms with Crippen LogP contribution in [0.3, 0.4) is 0 Å². The number of phenols is 1. The van der Waals surface area contributed by atoms with Crippen LogP contribution in [0.1, 0.15) is 19.4 Å². The van der Waals surface area contributed by atoms with Crippen LogP contribution < -0.4 is 5.32 Å². The van der Waals surface area contributed by atoms with Gasteiger partial charge in [0.1, 0.15) is 5.75 Å². The zero-order valence-corrected chi connectivity index (χ0v) is 8.25. The summed E-state index contributed by atoms with van der Waals surface area (Å²) in [5.74, 6) is 0.318. The van der Waals surface area contributed by atoms with Crippen molar-refractivity contribution in [2.24, 2.45) is 0 Å². The number of benzene rings is 1. The van der Waals surface area contributed by atoms with Crippen LogP contribution in [-0.4, -0.2) is 11.7 Å². The van der Waals surface area contributed by atoms with Gasteiger partial charge in [0.25, 0.3) is 0 Å². The lowest BCUT2D eigenvalue weighted by Crippen LogP contribution is -2.80. The predicted octanol–water partition coefficient (Wildman–Crippen LogP) is 1.02. The van der Waals surface area contributed by atoms with E-state index in [2.05, 4.69) is 20.9 Å². The highest BCUT2D eigenvalue weighted by molar-refractivity contribution is 5.30. The first kappa shape index (κ1) is 10.1. The van der Waals surface area contributed by atoms with Gasteiger partial charge in [0.15, 0.2) is 0 Å². The minimum absolute atomic E-state index is 0.107. The third kappa shape index (κ3) is 2.46. The maximum atomic E-state index is 9.13. The van der Waals surface area contributed by atoms with Gasteiger partial charge in [0, 0.05) is 5.41 Å². The number of rotatable bonds is 3. The van der Waals surface area contributed by atoms with Crippen LogP contribution >= 0.6 is 0 Å². The predicted molar refractivity (Wildman–Crippen MR) is 53.3 cm³/mol. The van der Waals surface area contributed by atoms with Crippen LogP contribution in [0.15, 0.2) is 24.3 Å². The summed E-state index contributed by atoms with van der Waals surface area (Å²) in [6.45, 7) is 5.28. The fourth-order valence-electron chi connectivity index (χ4n) is 1.39. The van der Waals surface area contributed by atoms with Crippen molar-refractivity contribution in [3.05, 3.63) is 36.9 Å². The van der Waals surface area contributed by atoms with Gasteiger partial charge < -0.3 is 10.4 Å². The molecule has 3 N–H and O–H groups in total. The summed E-state index contributed by atoms with van der Waals surface area (Å²) in [6.07, 6.45) is 0. The molecule has 0 aliphatic rings. The molecule has 1 rings (SSSR count). The van der Waals surface area contributed by atoms with Gasteiger partial charge in [-0.3, -0.25) is 0 Å². The molecule has 0 amide bonds. The van der Waals surface area contributed by atoms with E-state index in [1.165, 1.54) is 5.56 Å². The zero-order chi connectivity index (χ0) is 9.90. The van der Waals surface area contributed by atoms with Crippen molar-refractivity contribution in [1.82, 2.24) is 0 Å². The summed E-state index contributed by atoms with van der Waals surface area (Å²) < 4.78 is 0. The third-order valence-electron chi connectivity index (χ3n) is 2.30. The molecule has 0 aliphatic carbocycles. The summed E-state index contributed by atoms with van der Waals surface area (Å²) in [6, 6.07) is 7.36. The van der Waals surface area contributed by atoms with Gasteiger partial charge in [-0.05, 0) is 17.7 Å². The molecule has 13 heavy (non-hydrogen) atoms. The smallest absolute Gasteiger partial charge is 0.115 e. The summed E-state index contributed by atoms with van der Waals surface area (Å²) >= 11 is 0. The molecule has 0 atom stereocenters. The molecular formula is C11H17NO. The van der Waals surface area contributed by atoms with E-state index in [1.54, 1.807) is 12.1 Å². The van der Waals surface area contributed by atoms with Crippen molar-refractivity contribution in [2.45, 2.75) is 19.3 Å². The SMILES string of the molecule is [CH2-][NH2+]CC(C)(C)c1ccc(O)cc1. The maximum absolute atomic E-state index is 9.13. The molecule has 0 unspecified atom stereocenters. The Bertz CT molecular complexity index is 264. The van der Waals surface area contributed by atoms with Gasteiger partial charge >= 0.3 is 0 Å². The minimum atomic E-state index is 0.107. The van der Waals surface area contributed by atoms with E-state index < -0.39 is 0 Å². The molecule has 0 fully saturated rings. The van der Waals surface area contributed by atoms with Gasteiger partial charge in [-0.2, -0.15) is 7.05 Å². The summed E-state index contributed by atoms with van der Waals surface area (Å²) in [4.78, 5) is 0. The summed E-state index contributed by atoms with van der Waals surface area (Å²) in [5, 5.41) is 11.1. The summed E-state index contributed by atoms with van der Waals surface area (Å²) in [7, 11) is 3.74. The van der Waals surface area contributed by atoms with E-state index in [-0.39, 0.29) is 5.41 Å². The Kier molecular flexibility index (Phi) is 2.94. The highest BCUT2D eigenvalue weighted by atomic mass is 16.3. The molecule has 0 saturated heterocycles. The van der Waals surface area contributed by atoms with E-state index in [0.29, 0.717) is 5.75 Å². The molecule has 0 spiro atoms. The number of hydrogen-bond acceptors (Lipinski definition) is 1. The Labute approximate surface area is 79.6 Å². The van der Waals surface area contributed by atoms with Crippen LogP contribution in [0.2, 0.25) is 0 Å². The number of aromatic hydroxyl groups is 1. The fraction of sp³-hybridized carbons (Fsp3) is 0.364. The van der Waals surface area contributed by atoms with Crippen LogP contribution in [-0.2, 0) is 5.41 Å². The monoisotopic (exact) mass is 179 g/mol. The number of phenolic OH excluding ortho intramolecular Hbond substituents is 1. The quantitative estimate of drug-likeness (QED) is 0.668. The Morgan fingerprint density at radius 2 is 1.85 bits per heavy atom. The second-order valence-corrected chi connectivity index (χ2v) is 3.92. The lowest BCUT2D eigenvalue weighted by atomic mass is 9.85. The Balaban J connectivity index is 2.87. The van der Waals surface area contributed by atoms with Crippen LogP contribution in [0, 0.1) is 7.05 Å². The average molecular weight is 179 g/mol. The molecule has 0 aromatic heterocycles. The Hall–Kier alpha value is -1.02. The van der Waals surface area contributed by atoms with E-state index >= 15 is 0 Å². The normalized spacial score (nSPS) is 11.6. The van der Waals surface area contributed by atoms with Crippen molar-refractivity contribution in [1.29, 1.82) is 0 Å². The first-order valence-electron chi connectivity index (χ1n) is 4.47. The molecule has 0 radical (unpaired) electrons. The maximum Gasteiger partial charge on any atom is 0.115 e. The number of quaternary nitrogens is 1. The van der Waals surface area contributed by atoms with Gasteiger partial charge in [-0.25, -0.2) is 0 Å². The average Bonchev–Trinajstić information content (AvgIpc) is 2.05. The molecular weight excluding hydrogens is 162 g/mol. The second kappa shape index (κ2) is 3.79. The topological polar surface area (TPSA) is 36.8 Å². The first-order valence-corrected chi connectivity index (χ1v) is 4.47. The summed E-state index contributed by atoms with van der Waals surface area (Å²) in [5.41, 5.74) is 1.33. The van der Waals surface area contributed by atoms with Crippen molar-refractivity contribution < 1.29 is 10.4 Å². The van der Waals surface area contributed by atoms with Gasteiger partial charge in [0.2, 0.25) is 0 Å². The number of nitrogens with two attached hydrogens (primary N) is 1. The molecule has 2 nitrogen and oxygen atoms in total. The molecule has 1 aromatic rings. The fourth-order valence-corrected chi connectivity index (χ4v) is 1.39. The second-order valence-electron chi connectivity index (χ2n) is 3.92. The van der Waals surface area contributed by atoms with Gasteiger partial charge in [-0.1, -0.05) is 26.0 Å². The zero-order valence-electron chi connectivity index (χ0n) is 8.25. The van der Waals surface area contributed by atoms with Crippen molar-refractivity contribution in [3.63, 3.8) is 0 Å². The third-order valence-corrected chi connectivity index (χ3v) is 2.30. The lowest BCUT2D eigenvalue weighted by Gasteiger charge is -2.24. The van der Waals surface area contributed by atoms with Crippen LogP contribution in [0.4, 0.5) is 0 Å². The molecule has 0 heterocycles. The first-order chi connectivity index (χ1) is 6.06. The molecule has 0 aliphatic heterocycles. The van der Waals surface area contributed by atoms with Gasteiger partial charge in [-0.15, -0.1) is 0 Å². The molecule has 0 saturated carbocycles. The van der Waals surface area contributed by atoms with Crippen LogP contribution in [0.5, 0.6) is 5.75 Å². The molecule has 2 heteroatoms. The largest absolute Gasteiger partial charge is 0.508 e. The van der Waals surface area contributed by atoms with E-state index in [4.69, 9.17) is 5.11 Å². The van der Waals surface area contributed by atoms with Crippen molar-refractivity contribution in [3.8, 4) is 5.75 Å². The van der Waals surface area contributed by atoms with Crippen molar-refractivity contribution in [2.75, 3.05) is 6.54 Å².